The highest BCUT2D eigenvalue weighted by atomic mass is 32.2. The Bertz CT molecular complexity index is 1030. The Morgan fingerprint density at radius 3 is 2.57 bits per heavy atom. The van der Waals surface area contributed by atoms with Crippen molar-refractivity contribution in [3.8, 4) is 5.75 Å². The number of hydrogen-bond acceptors (Lipinski definition) is 6. The summed E-state index contributed by atoms with van der Waals surface area (Å²) >= 11 is 1.24. The monoisotopic (exact) mass is 423 g/mol. The third-order valence-electron chi connectivity index (χ3n) is 5.27. The number of amidine groups is 1. The highest BCUT2D eigenvalue weighted by Gasteiger charge is 2.38. The molecule has 154 valence electrons. The quantitative estimate of drug-likeness (QED) is 0.412. The van der Waals surface area contributed by atoms with Crippen molar-refractivity contribution in [1.82, 2.24) is 4.90 Å². The minimum absolute atomic E-state index is 0.0887. The number of phenolic OH excluding ortho intramolecular Hbond substituents is 1. The molecule has 4 rings (SSSR count). The summed E-state index contributed by atoms with van der Waals surface area (Å²) in [4.78, 5) is 30.7. The highest BCUT2D eigenvalue weighted by molar-refractivity contribution is 8.18. The molecule has 8 heteroatoms. The van der Waals surface area contributed by atoms with Crippen LogP contribution in [0.3, 0.4) is 0 Å². The minimum Gasteiger partial charge on any atom is -0.507 e. The Balaban J connectivity index is 1.73. The molecule has 2 aliphatic rings. The molecule has 30 heavy (non-hydrogen) atoms. The van der Waals surface area contributed by atoms with E-state index in [1.807, 2.05) is 30.3 Å². The van der Waals surface area contributed by atoms with Crippen LogP contribution in [0.4, 0.5) is 11.4 Å². The lowest BCUT2D eigenvalue weighted by atomic mass is 9.94. The van der Waals surface area contributed by atoms with E-state index in [9.17, 15) is 20.0 Å². The predicted octanol–water partition coefficient (Wildman–Crippen LogP) is 5.24. The molecule has 1 saturated carbocycles. The molecule has 0 atom stereocenters. The van der Waals surface area contributed by atoms with Crippen molar-refractivity contribution in [3.63, 3.8) is 0 Å². The van der Waals surface area contributed by atoms with Gasteiger partial charge in [0, 0.05) is 23.7 Å². The van der Waals surface area contributed by atoms with Crippen LogP contribution in [-0.2, 0) is 4.79 Å². The van der Waals surface area contributed by atoms with Crippen molar-refractivity contribution >= 4 is 40.3 Å². The molecule has 0 aromatic heterocycles. The van der Waals surface area contributed by atoms with Gasteiger partial charge in [-0.05, 0) is 48.9 Å². The largest absolute Gasteiger partial charge is 0.507 e. The van der Waals surface area contributed by atoms with Gasteiger partial charge in [-0.2, -0.15) is 0 Å². The molecule has 0 bridgehead atoms. The number of amides is 1. The van der Waals surface area contributed by atoms with Crippen LogP contribution in [0.2, 0.25) is 0 Å². The van der Waals surface area contributed by atoms with Crippen LogP contribution in [0.15, 0.2) is 58.4 Å². The summed E-state index contributed by atoms with van der Waals surface area (Å²) in [5.74, 6) is -0.286. The van der Waals surface area contributed by atoms with E-state index in [2.05, 4.69) is 0 Å². The second-order valence-electron chi connectivity index (χ2n) is 7.31. The first-order valence-corrected chi connectivity index (χ1v) is 10.7. The van der Waals surface area contributed by atoms with E-state index in [1.54, 1.807) is 4.90 Å². The summed E-state index contributed by atoms with van der Waals surface area (Å²) in [6.07, 6.45) is 6.68. The van der Waals surface area contributed by atoms with Gasteiger partial charge in [0.05, 0.1) is 15.5 Å². The zero-order valence-corrected chi connectivity index (χ0v) is 17.0. The molecule has 2 fully saturated rings. The van der Waals surface area contributed by atoms with Gasteiger partial charge in [-0.1, -0.05) is 37.5 Å². The van der Waals surface area contributed by atoms with Gasteiger partial charge in [0.15, 0.2) is 5.17 Å². The SMILES string of the molecule is O=C1C(=Cc2cc([N+](=O)[O-])ccc2O)SC(=Nc2ccccc2)N1C1CCCCC1. The van der Waals surface area contributed by atoms with Gasteiger partial charge in [-0.25, -0.2) is 4.99 Å². The van der Waals surface area contributed by atoms with Gasteiger partial charge in [-0.3, -0.25) is 19.8 Å². The summed E-state index contributed by atoms with van der Waals surface area (Å²) in [5.41, 5.74) is 0.857. The van der Waals surface area contributed by atoms with Crippen LogP contribution in [0.1, 0.15) is 37.7 Å². The summed E-state index contributed by atoms with van der Waals surface area (Å²) in [7, 11) is 0. The van der Waals surface area contributed by atoms with Crippen molar-refractivity contribution in [1.29, 1.82) is 0 Å². The van der Waals surface area contributed by atoms with E-state index in [-0.39, 0.29) is 28.9 Å². The molecule has 1 aliphatic heterocycles. The number of benzene rings is 2. The van der Waals surface area contributed by atoms with Crippen LogP contribution >= 0.6 is 11.8 Å². The highest BCUT2D eigenvalue weighted by Crippen LogP contribution is 2.39. The van der Waals surface area contributed by atoms with E-state index in [0.717, 1.165) is 31.4 Å². The first-order chi connectivity index (χ1) is 14.5. The second kappa shape index (κ2) is 8.71. The third kappa shape index (κ3) is 4.23. The van der Waals surface area contributed by atoms with Crippen LogP contribution in [0, 0.1) is 10.1 Å². The number of nitrogens with zero attached hydrogens (tertiary/aromatic N) is 3. The lowest BCUT2D eigenvalue weighted by Gasteiger charge is -2.30. The number of non-ortho nitro benzene ring substituents is 1. The molecule has 1 saturated heterocycles. The molecule has 2 aromatic carbocycles. The van der Waals surface area contributed by atoms with Crippen LogP contribution < -0.4 is 0 Å². The smallest absolute Gasteiger partial charge is 0.270 e. The molecule has 7 nitrogen and oxygen atoms in total. The van der Waals surface area contributed by atoms with Crippen molar-refractivity contribution < 1.29 is 14.8 Å². The van der Waals surface area contributed by atoms with Gasteiger partial charge in [0.25, 0.3) is 11.6 Å². The molecule has 1 N–H and O–H groups in total. The molecule has 1 aliphatic carbocycles. The van der Waals surface area contributed by atoms with E-state index < -0.39 is 4.92 Å². The Morgan fingerprint density at radius 2 is 1.87 bits per heavy atom. The number of phenols is 1. The summed E-state index contributed by atoms with van der Waals surface area (Å²) < 4.78 is 0. The number of carbonyl (C=O) groups is 1. The van der Waals surface area contributed by atoms with E-state index >= 15 is 0 Å². The van der Waals surface area contributed by atoms with Crippen molar-refractivity contribution in [2.24, 2.45) is 4.99 Å². The van der Waals surface area contributed by atoms with Crippen LogP contribution in [-0.4, -0.2) is 32.0 Å². The maximum absolute atomic E-state index is 13.3. The summed E-state index contributed by atoms with van der Waals surface area (Å²) in [6.45, 7) is 0. The molecule has 0 unspecified atom stereocenters. The Labute approximate surface area is 178 Å². The number of thioether (sulfide) groups is 1. The molecule has 1 heterocycles. The number of nitro benzene ring substituents is 1. The molecule has 1 amide bonds. The Kier molecular flexibility index (Phi) is 5.85. The van der Waals surface area contributed by atoms with Crippen LogP contribution in [0.25, 0.3) is 6.08 Å². The summed E-state index contributed by atoms with van der Waals surface area (Å²) in [5, 5.41) is 21.8. The topological polar surface area (TPSA) is 96.0 Å². The van der Waals surface area contributed by atoms with Gasteiger partial charge >= 0.3 is 0 Å². The lowest BCUT2D eigenvalue weighted by molar-refractivity contribution is -0.384. The average molecular weight is 423 g/mol. The maximum Gasteiger partial charge on any atom is 0.270 e. The van der Waals surface area contributed by atoms with Crippen molar-refractivity contribution in [2.75, 3.05) is 0 Å². The molecular weight excluding hydrogens is 402 g/mol. The number of aliphatic imine (C=N–C) groups is 1. The van der Waals surface area contributed by atoms with Crippen LogP contribution in [0.5, 0.6) is 5.75 Å². The average Bonchev–Trinajstić information content (AvgIpc) is 3.05. The molecule has 0 spiro atoms. The fraction of sp³-hybridized carbons (Fsp3) is 0.273. The number of rotatable bonds is 4. The van der Waals surface area contributed by atoms with Crippen molar-refractivity contribution in [3.05, 3.63) is 69.1 Å². The zero-order valence-electron chi connectivity index (χ0n) is 16.2. The van der Waals surface area contributed by atoms with E-state index in [4.69, 9.17) is 4.99 Å². The van der Waals surface area contributed by atoms with Crippen molar-refractivity contribution in [2.45, 2.75) is 38.1 Å². The number of nitro groups is 1. The third-order valence-corrected chi connectivity index (χ3v) is 6.25. The number of aromatic hydroxyl groups is 1. The van der Waals surface area contributed by atoms with E-state index in [0.29, 0.717) is 10.1 Å². The lowest BCUT2D eigenvalue weighted by Crippen LogP contribution is -2.40. The van der Waals surface area contributed by atoms with Gasteiger partial charge in [0.1, 0.15) is 5.75 Å². The second-order valence-corrected chi connectivity index (χ2v) is 8.32. The Morgan fingerprint density at radius 1 is 1.13 bits per heavy atom. The standard InChI is InChI=1S/C22H21N3O4S/c26-19-12-11-18(25(28)29)13-15(19)14-20-21(27)24(17-9-5-2-6-10-17)22(30-20)23-16-7-3-1-4-8-16/h1,3-4,7-8,11-14,17,26H,2,5-6,9-10H2. The molecule has 0 radical (unpaired) electrons. The van der Waals surface area contributed by atoms with E-state index in [1.165, 1.54) is 42.5 Å². The number of carbonyl (C=O) groups excluding carboxylic acids is 1. The normalized spacial score (nSPS) is 20.3. The minimum atomic E-state index is -0.526. The zero-order chi connectivity index (χ0) is 21.1. The first kappa shape index (κ1) is 20.2. The predicted molar refractivity (Wildman–Crippen MR) is 118 cm³/mol. The van der Waals surface area contributed by atoms with Gasteiger partial charge in [-0.15, -0.1) is 0 Å². The summed E-state index contributed by atoms with van der Waals surface area (Å²) in [6, 6.07) is 13.3. The Hall–Kier alpha value is -3.13. The molecular formula is C22H21N3O4S. The molecule has 2 aromatic rings. The fourth-order valence-corrected chi connectivity index (χ4v) is 4.80. The first-order valence-electron chi connectivity index (χ1n) is 9.87. The number of hydrogen-bond donors (Lipinski definition) is 1. The van der Waals surface area contributed by atoms with Gasteiger partial charge < -0.3 is 5.11 Å². The number of para-hydroxylation sites is 1. The fourth-order valence-electron chi connectivity index (χ4n) is 3.75. The van der Waals surface area contributed by atoms with Gasteiger partial charge in [0.2, 0.25) is 0 Å². The maximum atomic E-state index is 13.3.